The molecule has 0 aliphatic carbocycles. The first-order valence-corrected chi connectivity index (χ1v) is 6.23. The Morgan fingerprint density at radius 3 is 2.28 bits per heavy atom. The molecule has 0 saturated carbocycles. The maximum atomic E-state index is 14.1. The molecular weight excluding hydrogens is 229 g/mol. The van der Waals surface area contributed by atoms with Crippen LogP contribution in [0, 0.1) is 19.7 Å². The van der Waals surface area contributed by atoms with Gasteiger partial charge in [-0.2, -0.15) is 0 Å². The van der Waals surface area contributed by atoms with E-state index in [1.165, 1.54) is 6.07 Å². The highest BCUT2D eigenvalue weighted by Crippen LogP contribution is 2.26. The molecule has 0 amide bonds. The van der Waals surface area contributed by atoms with Crippen molar-refractivity contribution >= 4 is 5.78 Å². The van der Waals surface area contributed by atoms with Crippen LogP contribution in [0.5, 0.6) is 0 Å². The van der Waals surface area contributed by atoms with Crippen molar-refractivity contribution < 1.29 is 9.18 Å². The summed E-state index contributed by atoms with van der Waals surface area (Å²) < 4.78 is 14.1. The Balaban J connectivity index is 3.35. The number of likely N-dealkylation sites (N-methyl/N-ethyl adjacent to an activating group) is 1. The van der Waals surface area contributed by atoms with Crippen molar-refractivity contribution in [2.24, 2.45) is 0 Å². The molecule has 0 saturated heterocycles. The van der Waals surface area contributed by atoms with E-state index in [4.69, 9.17) is 0 Å². The van der Waals surface area contributed by atoms with Crippen molar-refractivity contribution in [2.75, 3.05) is 14.1 Å². The summed E-state index contributed by atoms with van der Waals surface area (Å²) in [5.74, 6) is -0.566. The maximum absolute atomic E-state index is 14.1. The van der Waals surface area contributed by atoms with E-state index in [0.29, 0.717) is 12.0 Å². The number of ketones is 1. The fraction of sp³-hybridized carbons (Fsp3) is 0.533. The second-order valence-corrected chi connectivity index (χ2v) is 5.29. The third-order valence-corrected chi connectivity index (χ3v) is 3.82. The van der Waals surface area contributed by atoms with Crippen LogP contribution in [-0.4, -0.2) is 30.3 Å². The summed E-state index contributed by atoms with van der Waals surface area (Å²) in [6.45, 7) is 7.41. The molecule has 2 nitrogen and oxygen atoms in total. The molecule has 1 rings (SSSR count). The van der Waals surface area contributed by atoms with Crippen LogP contribution in [0.2, 0.25) is 0 Å². The number of hydrogen-bond acceptors (Lipinski definition) is 2. The molecule has 0 fully saturated rings. The Bertz CT molecular complexity index is 445. The van der Waals surface area contributed by atoms with Gasteiger partial charge >= 0.3 is 0 Å². The molecule has 0 spiro atoms. The predicted octanol–water partition coefficient (Wildman–Crippen LogP) is 3.36. The fourth-order valence-corrected chi connectivity index (χ4v) is 2.15. The largest absolute Gasteiger partial charge is 0.297 e. The van der Waals surface area contributed by atoms with Gasteiger partial charge in [-0.25, -0.2) is 4.39 Å². The first-order chi connectivity index (χ1) is 8.24. The molecule has 1 aromatic rings. The van der Waals surface area contributed by atoms with Crippen molar-refractivity contribution in [1.29, 1.82) is 0 Å². The molecule has 0 aliphatic rings. The van der Waals surface area contributed by atoms with Crippen LogP contribution in [0.15, 0.2) is 12.1 Å². The van der Waals surface area contributed by atoms with Gasteiger partial charge < -0.3 is 0 Å². The number of rotatable bonds is 4. The smallest absolute Gasteiger partial charge is 0.185 e. The SMILES string of the molecule is CCC(C)(C(=O)c1c(C)cc(C)cc1F)N(C)C. The Morgan fingerprint density at radius 1 is 1.33 bits per heavy atom. The molecule has 100 valence electrons. The van der Waals surface area contributed by atoms with Gasteiger partial charge in [0.05, 0.1) is 11.1 Å². The number of carbonyl (C=O) groups excluding carboxylic acids is 1. The Labute approximate surface area is 109 Å². The first kappa shape index (κ1) is 14.8. The van der Waals surface area contributed by atoms with Crippen molar-refractivity contribution in [2.45, 2.75) is 39.7 Å². The molecule has 0 heterocycles. The van der Waals surface area contributed by atoms with Crippen LogP contribution in [0.1, 0.15) is 41.8 Å². The minimum atomic E-state index is -0.666. The first-order valence-electron chi connectivity index (χ1n) is 6.23. The third-order valence-electron chi connectivity index (χ3n) is 3.82. The number of benzene rings is 1. The van der Waals surface area contributed by atoms with Gasteiger partial charge in [-0.1, -0.05) is 13.0 Å². The number of nitrogens with zero attached hydrogens (tertiary/aromatic N) is 1. The molecule has 1 unspecified atom stereocenters. The molecule has 0 aromatic heterocycles. The van der Waals surface area contributed by atoms with Crippen LogP contribution in [0.25, 0.3) is 0 Å². The molecule has 1 atom stereocenters. The Kier molecular flexibility index (Phi) is 4.28. The molecule has 3 heteroatoms. The zero-order chi connectivity index (χ0) is 14.1. The summed E-state index contributed by atoms with van der Waals surface area (Å²) in [6.07, 6.45) is 0.644. The standard InChI is InChI=1S/C15H22FNO/c1-7-15(4,17(5)6)14(18)13-11(3)8-10(2)9-12(13)16/h8-9H,7H2,1-6H3. The third kappa shape index (κ3) is 2.46. The molecular formula is C15H22FNO. The lowest BCUT2D eigenvalue weighted by molar-refractivity contribution is 0.0705. The summed E-state index contributed by atoms with van der Waals surface area (Å²) in [6, 6.07) is 3.27. The second kappa shape index (κ2) is 5.19. The summed E-state index contributed by atoms with van der Waals surface area (Å²) in [7, 11) is 3.70. The van der Waals surface area contributed by atoms with Gasteiger partial charge in [0.2, 0.25) is 0 Å². The quantitative estimate of drug-likeness (QED) is 0.765. The summed E-state index contributed by atoms with van der Waals surface area (Å²) in [5.41, 5.74) is 1.10. The van der Waals surface area contributed by atoms with E-state index in [0.717, 1.165) is 5.56 Å². The number of Topliss-reactive ketones (excluding diaryl/α,β-unsaturated/α-hetero) is 1. The maximum Gasteiger partial charge on any atom is 0.185 e. The average molecular weight is 251 g/mol. The summed E-state index contributed by atoms with van der Waals surface area (Å²) in [4.78, 5) is 14.5. The van der Waals surface area contributed by atoms with Crippen LogP contribution in [0.3, 0.4) is 0 Å². The van der Waals surface area contributed by atoms with Crippen molar-refractivity contribution in [3.63, 3.8) is 0 Å². The second-order valence-electron chi connectivity index (χ2n) is 5.29. The van der Waals surface area contributed by atoms with E-state index in [-0.39, 0.29) is 11.3 Å². The highest BCUT2D eigenvalue weighted by Gasteiger charge is 2.36. The summed E-state index contributed by atoms with van der Waals surface area (Å²) in [5, 5.41) is 0. The highest BCUT2D eigenvalue weighted by atomic mass is 19.1. The number of halogens is 1. The predicted molar refractivity (Wildman–Crippen MR) is 72.6 cm³/mol. The van der Waals surface area contributed by atoms with Gasteiger partial charge in [-0.3, -0.25) is 9.69 Å². The number of hydrogen-bond donors (Lipinski definition) is 0. The van der Waals surface area contributed by atoms with E-state index < -0.39 is 11.4 Å². The minimum absolute atomic E-state index is 0.148. The van der Waals surface area contributed by atoms with Crippen LogP contribution in [-0.2, 0) is 0 Å². The van der Waals surface area contributed by atoms with Crippen LogP contribution < -0.4 is 0 Å². The number of carbonyl (C=O) groups is 1. The van der Waals surface area contributed by atoms with Gasteiger partial charge in [0, 0.05) is 0 Å². The molecule has 0 radical (unpaired) electrons. The molecule has 1 aromatic carbocycles. The van der Waals surface area contributed by atoms with Crippen molar-refractivity contribution in [3.05, 3.63) is 34.6 Å². The van der Waals surface area contributed by atoms with E-state index in [9.17, 15) is 9.18 Å². The highest BCUT2D eigenvalue weighted by molar-refractivity contribution is 6.04. The van der Waals surface area contributed by atoms with Gasteiger partial charge in [-0.15, -0.1) is 0 Å². The average Bonchev–Trinajstić information content (AvgIpc) is 2.25. The molecule has 18 heavy (non-hydrogen) atoms. The van der Waals surface area contributed by atoms with E-state index in [2.05, 4.69) is 0 Å². The zero-order valence-corrected chi connectivity index (χ0v) is 12.1. The Hall–Kier alpha value is -1.22. The molecule has 0 N–H and O–H groups in total. The molecule has 0 aliphatic heterocycles. The lowest BCUT2D eigenvalue weighted by atomic mass is 9.85. The van der Waals surface area contributed by atoms with Gasteiger partial charge in [-0.05, 0) is 58.5 Å². The lowest BCUT2D eigenvalue weighted by Crippen LogP contribution is -2.48. The van der Waals surface area contributed by atoms with Gasteiger partial charge in [0.15, 0.2) is 5.78 Å². The zero-order valence-electron chi connectivity index (χ0n) is 12.1. The lowest BCUT2D eigenvalue weighted by Gasteiger charge is -2.34. The van der Waals surface area contributed by atoms with Gasteiger partial charge in [0.25, 0.3) is 0 Å². The topological polar surface area (TPSA) is 20.3 Å². The van der Waals surface area contributed by atoms with Gasteiger partial charge in [0.1, 0.15) is 5.82 Å². The number of aryl methyl sites for hydroxylation is 2. The normalized spacial score (nSPS) is 14.7. The van der Waals surface area contributed by atoms with Crippen LogP contribution >= 0.6 is 0 Å². The van der Waals surface area contributed by atoms with E-state index in [1.54, 1.807) is 6.92 Å². The summed E-state index contributed by atoms with van der Waals surface area (Å²) >= 11 is 0. The van der Waals surface area contributed by atoms with Crippen LogP contribution in [0.4, 0.5) is 4.39 Å². The Morgan fingerprint density at radius 2 is 1.89 bits per heavy atom. The molecule has 0 bridgehead atoms. The van der Waals surface area contributed by atoms with E-state index in [1.807, 2.05) is 45.8 Å². The van der Waals surface area contributed by atoms with Crippen molar-refractivity contribution in [3.8, 4) is 0 Å². The monoisotopic (exact) mass is 251 g/mol. The van der Waals surface area contributed by atoms with Crippen molar-refractivity contribution in [1.82, 2.24) is 4.90 Å². The minimum Gasteiger partial charge on any atom is -0.297 e. The van der Waals surface area contributed by atoms with E-state index >= 15 is 0 Å². The fourth-order valence-electron chi connectivity index (χ4n) is 2.15.